The molecule has 0 bridgehead atoms. The molecule has 0 spiro atoms. The predicted molar refractivity (Wildman–Crippen MR) is 59.3 cm³/mol. The van der Waals surface area contributed by atoms with E-state index in [0.717, 1.165) is 25.8 Å². The zero-order valence-electron chi connectivity index (χ0n) is 8.42. The molecule has 2 fully saturated rings. The zero-order valence-corrected chi connectivity index (χ0v) is 9.24. The Morgan fingerprint density at radius 1 is 1.50 bits per heavy atom. The van der Waals surface area contributed by atoms with E-state index < -0.39 is 5.54 Å². The second kappa shape index (κ2) is 4.11. The summed E-state index contributed by atoms with van der Waals surface area (Å²) in [5.74, 6) is 1.31. The summed E-state index contributed by atoms with van der Waals surface area (Å²) in [6.45, 7) is 0.808. The number of carbonyl (C=O) groups excluding carboxylic acids is 1. The van der Waals surface area contributed by atoms with Crippen molar-refractivity contribution in [2.45, 2.75) is 42.9 Å². The van der Waals surface area contributed by atoms with Gasteiger partial charge < -0.3 is 11.1 Å². The van der Waals surface area contributed by atoms with Crippen molar-refractivity contribution in [1.29, 1.82) is 0 Å². The van der Waals surface area contributed by atoms with Gasteiger partial charge in [0.2, 0.25) is 5.91 Å². The Morgan fingerprint density at radius 3 is 2.79 bits per heavy atom. The lowest BCUT2D eigenvalue weighted by atomic mass is 9.77. The summed E-state index contributed by atoms with van der Waals surface area (Å²) in [6, 6.07) is 0. The van der Waals surface area contributed by atoms with E-state index in [1.165, 1.54) is 18.6 Å². The largest absolute Gasteiger partial charge is 0.353 e. The molecule has 3 N–H and O–H groups in total. The number of rotatable bonds is 3. The van der Waals surface area contributed by atoms with Gasteiger partial charge in [-0.25, -0.2) is 0 Å². The van der Waals surface area contributed by atoms with Crippen LogP contribution in [0.2, 0.25) is 0 Å². The molecule has 0 aromatic heterocycles. The van der Waals surface area contributed by atoms with Crippen molar-refractivity contribution in [1.82, 2.24) is 5.32 Å². The third kappa shape index (κ3) is 2.06. The molecule has 1 unspecified atom stereocenters. The lowest BCUT2D eigenvalue weighted by molar-refractivity contribution is -0.129. The van der Waals surface area contributed by atoms with Crippen LogP contribution in [0.1, 0.15) is 32.1 Å². The van der Waals surface area contributed by atoms with E-state index >= 15 is 0 Å². The molecule has 1 atom stereocenters. The predicted octanol–water partition coefficient (Wildman–Crippen LogP) is 0.880. The van der Waals surface area contributed by atoms with Crippen LogP contribution in [-0.4, -0.2) is 29.0 Å². The van der Waals surface area contributed by atoms with Gasteiger partial charge in [-0.2, -0.15) is 11.8 Å². The maximum absolute atomic E-state index is 11.7. The van der Waals surface area contributed by atoms with Crippen LogP contribution >= 0.6 is 11.8 Å². The summed E-state index contributed by atoms with van der Waals surface area (Å²) >= 11 is 1.97. The molecule has 80 valence electrons. The number of hydrogen-bond donors (Lipinski definition) is 2. The van der Waals surface area contributed by atoms with Crippen molar-refractivity contribution in [3.8, 4) is 0 Å². The SMILES string of the molecule is NC1(C(=O)NCC2CCCS2)CCC1. The Labute approximate surface area is 89.2 Å². The number of carbonyl (C=O) groups is 1. The average molecular weight is 214 g/mol. The highest BCUT2D eigenvalue weighted by molar-refractivity contribution is 8.00. The molecular formula is C10H18N2OS. The molecule has 1 heterocycles. The quantitative estimate of drug-likeness (QED) is 0.733. The van der Waals surface area contributed by atoms with E-state index in [4.69, 9.17) is 5.73 Å². The summed E-state index contributed by atoms with van der Waals surface area (Å²) in [4.78, 5) is 11.7. The van der Waals surface area contributed by atoms with Crippen molar-refractivity contribution >= 4 is 17.7 Å². The Hall–Kier alpha value is -0.220. The number of thioether (sulfide) groups is 1. The molecule has 1 amide bonds. The molecule has 1 aliphatic heterocycles. The van der Waals surface area contributed by atoms with Crippen LogP contribution in [0.4, 0.5) is 0 Å². The van der Waals surface area contributed by atoms with Crippen molar-refractivity contribution in [2.75, 3.05) is 12.3 Å². The monoisotopic (exact) mass is 214 g/mol. The molecule has 2 rings (SSSR count). The van der Waals surface area contributed by atoms with E-state index in [9.17, 15) is 4.79 Å². The summed E-state index contributed by atoms with van der Waals surface area (Å²) in [5, 5.41) is 3.61. The Bertz CT molecular complexity index is 222. The lowest BCUT2D eigenvalue weighted by Crippen LogP contribution is -2.59. The summed E-state index contributed by atoms with van der Waals surface area (Å²) in [5.41, 5.74) is 5.39. The van der Waals surface area contributed by atoms with Gasteiger partial charge in [0.25, 0.3) is 0 Å². The van der Waals surface area contributed by atoms with E-state index in [-0.39, 0.29) is 5.91 Å². The fourth-order valence-corrected chi connectivity index (χ4v) is 3.17. The molecular weight excluding hydrogens is 196 g/mol. The molecule has 0 aromatic rings. The Balaban J connectivity index is 1.71. The van der Waals surface area contributed by atoms with Crippen LogP contribution in [0.25, 0.3) is 0 Å². The molecule has 3 nitrogen and oxygen atoms in total. The minimum atomic E-state index is -0.525. The zero-order chi connectivity index (χ0) is 10.0. The highest BCUT2D eigenvalue weighted by Crippen LogP contribution is 2.30. The molecule has 1 saturated heterocycles. The summed E-state index contributed by atoms with van der Waals surface area (Å²) < 4.78 is 0. The van der Waals surface area contributed by atoms with Gasteiger partial charge in [-0.3, -0.25) is 4.79 Å². The first-order chi connectivity index (χ1) is 6.71. The molecule has 1 saturated carbocycles. The summed E-state index contributed by atoms with van der Waals surface area (Å²) in [7, 11) is 0. The minimum Gasteiger partial charge on any atom is -0.353 e. The number of amides is 1. The maximum atomic E-state index is 11.7. The van der Waals surface area contributed by atoms with Gasteiger partial charge in [0, 0.05) is 11.8 Å². The van der Waals surface area contributed by atoms with E-state index in [0.29, 0.717) is 5.25 Å². The number of nitrogens with one attached hydrogen (secondary N) is 1. The molecule has 1 aliphatic carbocycles. The second-order valence-corrected chi connectivity index (χ2v) is 5.76. The first-order valence-corrected chi connectivity index (χ1v) is 6.44. The lowest BCUT2D eigenvalue weighted by Gasteiger charge is -2.36. The fourth-order valence-electron chi connectivity index (χ4n) is 1.97. The minimum absolute atomic E-state index is 0.0660. The average Bonchev–Trinajstić information content (AvgIpc) is 2.62. The van der Waals surface area contributed by atoms with Crippen molar-refractivity contribution in [2.24, 2.45) is 5.73 Å². The van der Waals surface area contributed by atoms with E-state index in [1.54, 1.807) is 0 Å². The van der Waals surface area contributed by atoms with Gasteiger partial charge in [-0.1, -0.05) is 0 Å². The van der Waals surface area contributed by atoms with Crippen LogP contribution in [0, 0.1) is 0 Å². The van der Waals surface area contributed by atoms with Gasteiger partial charge >= 0.3 is 0 Å². The first-order valence-electron chi connectivity index (χ1n) is 5.39. The molecule has 0 aromatic carbocycles. The molecule has 4 heteroatoms. The van der Waals surface area contributed by atoms with Crippen LogP contribution in [0.5, 0.6) is 0 Å². The topological polar surface area (TPSA) is 55.1 Å². The van der Waals surface area contributed by atoms with Crippen molar-refractivity contribution in [3.63, 3.8) is 0 Å². The standard InChI is InChI=1S/C10H18N2OS/c11-10(4-2-5-10)9(13)12-7-8-3-1-6-14-8/h8H,1-7,11H2,(H,12,13). The third-order valence-electron chi connectivity index (χ3n) is 3.21. The third-order valence-corrected chi connectivity index (χ3v) is 4.61. The molecule has 0 radical (unpaired) electrons. The Kier molecular flexibility index (Phi) is 3.02. The van der Waals surface area contributed by atoms with Gasteiger partial charge in [-0.05, 0) is 37.9 Å². The normalized spacial score (nSPS) is 29.6. The molecule has 2 aliphatic rings. The highest BCUT2D eigenvalue weighted by Gasteiger charge is 2.40. The van der Waals surface area contributed by atoms with Crippen molar-refractivity contribution in [3.05, 3.63) is 0 Å². The van der Waals surface area contributed by atoms with Crippen LogP contribution in [0.3, 0.4) is 0 Å². The van der Waals surface area contributed by atoms with Crippen LogP contribution in [0.15, 0.2) is 0 Å². The summed E-state index contributed by atoms with van der Waals surface area (Å²) in [6.07, 6.45) is 5.34. The van der Waals surface area contributed by atoms with E-state index in [1.807, 2.05) is 11.8 Å². The van der Waals surface area contributed by atoms with Crippen molar-refractivity contribution < 1.29 is 4.79 Å². The van der Waals surface area contributed by atoms with Gasteiger partial charge in [0.05, 0.1) is 5.54 Å². The maximum Gasteiger partial charge on any atom is 0.240 e. The van der Waals surface area contributed by atoms with Crippen LogP contribution < -0.4 is 11.1 Å². The number of nitrogens with two attached hydrogens (primary N) is 1. The van der Waals surface area contributed by atoms with Gasteiger partial charge in [0.15, 0.2) is 0 Å². The highest BCUT2D eigenvalue weighted by atomic mass is 32.2. The first kappa shape index (κ1) is 10.3. The van der Waals surface area contributed by atoms with Crippen LogP contribution in [-0.2, 0) is 4.79 Å². The second-order valence-electron chi connectivity index (χ2n) is 4.35. The number of hydrogen-bond acceptors (Lipinski definition) is 3. The Morgan fingerprint density at radius 2 is 2.29 bits per heavy atom. The molecule has 14 heavy (non-hydrogen) atoms. The fraction of sp³-hybridized carbons (Fsp3) is 0.900. The smallest absolute Gasteiger partial charge is 0.240 e. The van der Waals surface area contributed by atoms with E-state index in [2.05, 4.69) is 5.32 Å². The van der Waals surface area contributed by atoms with Gasteiger partial charge in [-0.15, -0.1) is 0 Å². The van der Waals surface area contributed by atoms with Gasteiger partial charge in [0.1, 0.15) is 0 Å².